The standard InChI is InChI=1S/C12H12N4O6S/c1-12(5-22-2,11(18)19)13-10(17)6-3-7-9(15-23-14-7)8(4-6)16(20)21/h3-4H,5H2,1-2H3,(H,13,17)(H,18,19). The van der Waals surface area contributed by atoms with Gasteiger partial charge in [-0.15, -0.1) is 0 Å². The molecule has 11 heteroatoms. The summed E-state index contributed by atoms with van der Waals surface area (Å²) in [7, 11) is 1.30. The molecule has 122 valence electrons. The molecule has 0 aliphatic heterocycles. The third-order valence-corrected chi connectivity index (χ3v) is 3.64. The van der Waals surface area contributed by atoms with E-state index in [2.05, 4.69) is 14.1 Å². The smallest absolute Gasteiger partial charge is 0.331 e. The molecule has 2 aromatic rings. The van der Waals surface area contributed by atoms with Gasteiger partial charge in [0, 0.05) is 18.7 Å². The van der Waals surface area contributed by atoms with Crippen molar-refractivity contribution in [3.8, 4) is 0 Å². The van der Waals surface area contributed by atoms with Crippen molar-refractivity contribution in [3.05, 3.63) is 27.8 Å². The summed E-state index contributed by atoms with van der Waals surface area (Å²) in [6, 6.07) is 2.35. The van der Waals surface area contributed by atoms with Gasteiger partial charge in [-0.2, -0.15) is 8.75 Å². The molecule has 0 aliphatic carbocycles. The maximum absolute atomic E-state index is 12.3. The third-order valence-electron chi connectivity index (χ3n) is 3.09. The van der Waals surface area contributed by atoms with Crippen molar-refractivity contribution in [1.29, 1.82) is 0 Å². The summed E-state index contributed by atoms with van der Waals surface area (Å²) in [5.41, 5.74) is -1.85. The van der Waals surface area contributed by atoms with E-state index in [1.54, 1.807) is 0 Å². The van der Waals surface area contributed by atoms with Crippen LogP contribution in [0.15, 0.2) is 12.1 Å². The first-order valence-electron chi connectivity index (χ1n) is 6.24. The van der Waals surface area contributed by atoms with Gasteiger partial charge in [-0.25, -0.2) is 4.79 Å². The van der Waals surface area contributed by atoms with Gasteiger partial charge < -0.3 is 15.2 Å². The number of carboxylic acid groups (broad SMARTS) is 1. The number of carboxylic acids is 1. The average Bonchev–Trinajstić information content (AvgIpc) is 2.94. The van der Waals surface area contributed by atoms with Crippen LogP contribution in [0.2, 0.25) is 0 Å². The minimum atomic E-state index is -1.67. The lowest BCUT2D eigenvalue weighted by molar-refractivity contribution is -0.383. The molecule has 23 heavy (non-hydrogen) atoms. The normalized spacial score (nSPS) is 13.5. The van der Waals surface area contributed by atoms with Crippen LogP contribution in [0.1, 0.15) is 17.3 Å². The number of nitrogens with zero attached hydrogens (tertiary/aromatic N) is 3. The molecule has 10 nitrogen and oxygen atoms in total. The number of carbonyl (C=O) groups excluding carboxylic acids is 1. The van der Waals surface area contributed by atoms with Crippen LogP contribution in [0.3, 0.4) is 0 Å². The molecule has 1 unspecified atom stereocenters. The van der Waals surface area contributed by atoms with E-state index in [4.69, 9.17) is 4.74 Å². The van der Waals surface area contributed by atoms with Crippen molar-refractivity contribution >= 4 is 40.3 Å². The molecule has 1 atom stereocenters. The fourth-order valence-electron chi connectivity index (χ4n) is 1.91. The van der Waals surface area contributed by atoms with E-state index in [0.717, 1.165) is 17.8 Å². The SMILES string of the molecule is COCC(C)(NC(=O)c1cc([N+](=O)[O-])c2nsnc2c1)C(=O)O. The number of ether oxygens (including phenoxy) is 1. The first-order chi connectivity index (χ1) is 10.8. The van der Waals surface area contributed by atoms with E-state index in [-0.39, 0.29) is 28.9 Å². The van der Waals surface area contributed by atoms with Crippen molar-refractivity contribution < 1.29 is 24.4 Å². The molecule has 0 saturated heterocycles. The van der Waals surface area contributed by atoms with Crippen LogP contribution in [-0.4, -0.2) is 49.9 Å². The highest BCUT2D eigenvalue weighted by atomic mass is 32.1. The minimum Gasteiger partial charge on any atom is -0.479 e. The molecule has 1 heterocycles. The van der Waals surface area contributed by atoms with Gasteiger partial charge in [0.25, 0.3) is 11.6 Å². The quantitative estimate of drug-likeness (QED) is 0.580. The Morgan fingerprint density at radius 1 is 1.48 bits per heavy atom. The maximum atomic E-state index is 12.3. The lowest BCUT2D eigenvalue weighted by Gasteiger charge is -2.25. The zero-order valence-electron chi connectivity index (χ0n) is 12.1. The molecule has 0 aliphatic rings. The van der Waals surface area contributed by atoms with Gasteiger partial charge in [-0.3, -0.25) is 14.9 Å². The molecule has 2 N–H and O–H groups in total. The van der Waals surface area contributed by atoms with Crippen LogP contribution in [0.25, 0.3) is 11.0 Å². The van der Waals surface area contributed by atoms with E-state index in [1.165, 1.54) is 20.1 Å². The molecule has 1 aromatic heterocycles. The zero-order chi connectivity index (χ0) is 17.2. The number of rotatable bonds is 6. The number of aromatic nitrogens is 2. The Labute approximate surface area is 133 Å². The van der Waals surface area contributed by atoms with Gasteiger partial charge in [-0.1, -0.05) is 0 Å². The lowest BCUT2D eigenvalue weighted by Crippen LogP contribution is -2.55. The second kappa shape index (κ2) is 6.22. The summed E-state index contributed by atoms with van der Waals surface area (Å²) in [5, 5.41) is 22.6. The van der Waals surface area contributed by atoms with Crippen molar-refractivity contribution in [1.82, 2.24) is 14.1 Å². The first kappa shape index (κ1) is 16.7. The number of hydrogen-bond donors (Lipinski definition) is 2. The number of nitro benzene ring substituents is 1. The Bertz CT molecular complexity index is 791. The number of fused-ring (bicyclic) bond motifs is 1. The topological polar surface area (TPSA) is 145 Å². The van der Waals surface area contributed by atoms with Crippen LogP contribution < -0.4 is 5.32 Å². The molecule has 0 spiro atoms. The van der Waals surface area contributed by atoms with Crippen molar-refractivity contribution in [3.63, 3.8) is 0 Å². The second-order valence-corrected chi connectivity index (χ2v) is 5.44. The van der Waals surface area contributed by atoms with Crippen LogP contribution in [0.5, 0.6) is 0 Å². The Morgan fingerprint density at radius 2 is 2.17 bits per heavy atom. The van der Waals surface area contributed by atoms with E-state index in [0.29, 0.717) is 0 Å². The fraction of sp³-hybridized carbons (Fsp3) is 0.333. The Hall–Kier alpha value is -2.66. The van der Waals surface area contributed by atoms with Crippen LogP contribution >= 0.6 is 11.7 Å². The summed E-state index contributed by atoms with van der Waals surface area (Å²) in [6.45, 7) is 1.00. The van der Waals surface area contributed by atoms with Gasteiger partial charge >= 0.3 is 5.97 Å². The minimum absolute atomic E-state index is 0.0782. The van der Waals surface area contributed by atoms with Gasteiger partial charge in [0.05, 0.1) is 23.3 Å². The predicted octanol–water partition coefficient (Wildman–Crippen LogP) is 0.819. The summed E-state index contributed by atoms with van der Waals surface area (Å²) in [5.74, 6) is -2.08. The van der Waals surface area contributed by atoms with Crippen molar-refractivity contribution in [2.24, 2.45) is 0 Å². The molecular formula is C12H12N4O6S. The summed E-state index contributed by atoms with van der Waals surface area (Å²) in [4.78, 5) is 34.0. The highest BCUT2D eigenvalue weighted by Gasteiger charge is 2.35. The predicted molar refractivity (Wildman–Crippen MR) is 79.5 cm³/mol. The van der Waals surface area contributed by atoms with E-state index >= 15 is 0 Å². The summed E-state index contributed by atoms with van der Waals surface area (Å²) >= 11 is 0.781. The van der Waals surface area contributed by atoms with Crippen LogP contribution in [-0.2, 0) is 9.53 Å². The highest BCUT2D eigenvalue weighted by Crippen LogP contribution is 2.26. The maximum Gasteiger partial charge on any atom is 0.331 e. The molecule has 1 amide bonds. The Balaban J connectivity index is 2.41. The number of nitro groups is 1. The van der Waals surface area contributed by atoms with Crippen LogP contribution in [0.4, 0.5) is 5.69 Å². The molecule has 0 saturated carbocycles. The number of methoxy groups -OCH3 is 1. The molecule has 1 aromatic carbocycles. The third kappa shape index (κ3) is 3.24. The molecule has 0 bridgehead atoms. The van der Waals surface area contributed by atoms with E-state index in [9.17, 15) is 24.8 Å². The monoisotopic (exact) mass is 340 g/mol. The Morgan fingerprint density at radius 3 is 2.74 bits per heavy atom. The van der Waals surface area contributed by atoms with Crippen molar-refractivity contribution in [2.75, 3.05) is 13.7 Å². The van der Waals surface area contributed by atoms with E-state index < -0.39 is 22.3 Å². The second-order valence-electron chi connectivity index (χ2n) is 4.91. The average molecular weight is 340 g/mol. The number of benzene rings is 1. The number of carbonyl (C=O) groups is 2. The fourth-order valence-corrected chi connectivity index (χ4v) is 2.44. The molecule has 0 fully saturated rings. The lowest BCUT2D eigenvalue weighted by atomic mass is 10.0. The van der Waals surface area contributed by atoms with E-state index in [1.807, 2.05) is 0 Å². The number of non-ortho nitro benzene ring substituents is 1. The number of hydrogen-bond acceptors (Lipinski definition) is 8. The largest absolute Gasteiger partial charge is 0.479 e. The Kier molecular flexibility index (Phi) is 4.52. The first-order valence-corrected chi connectivity index (χ1v) is 6.97. The number of aliphatic carboxylic acids is 1. The van der Waals surface area contributed by atoms with Gasteiger partial charge in [0.1, 0.15) is 5.52 Å². The van der Waals surface area contributed by atoms with Crippen LogP contribution in [0, 0.1) is 10.1 Å². The molecule has 2 rings (SSSR count). The zero-order valence-corrected chi connectivity index (χ0v) is 12.9. The van der Waals surface area contributed by atoms with Gasteiger partial charge in [0.15, 0.2) is 11.1 Å². The van der Waals surface area contributed by atoms with Gasteiger partial charge in [0.2, 0.25) is 0 Å². The summed E-state index contributed by atoms with van der Waals surface area (Å²) in [6.07, 6.45) is 0. The highest BCUT2D eigenvalue weighted by molar-refractivity contribution is 7.00. The number of nitrogens with one attached hydrogen (secondary N) is 1. The van der Waals surface area contributed by atoms with Gasteiger partial charge in [-0.05, 0) is 13.0 Å². The molecular weight excluding hydrogens is 328 g/mol. The number of amides is 1. The summed E-state index contributed by atoms with van der Waals surface area (Å²) < 4.78 is 12.5. The van der Waals surface area contributed by atoms with Crippen molar-refractivity contribution in [2.45, 2.75) is 12.5 Å². The molecule has 0 radical (unpaired) electrons.